The second-order valence-electron chi connectivity index (χ2n) is 5.56. The van der Waals surface area contributed by atoms with Crippen LogP contribution in [0.1, 0.15) is 17.5 Å². The van der Waals surface area contributed by atoms with Gasteiger partial charge >= 0.3 is 0 Å². The van der Waals surface area contributed by atoms with Crippen LogP contribution in [0, 0.1) is 12.8 Å². The molecule has 0 amide bonds. The quantitative estimate of drug-likeness (QED) is 0.645. The molecule has 1 aliphatic heterocycles. The van der Waals surface area contributed by atoms with Crippen molar-refractivity contribution in [1.29, 1.82) is 0 Å². The molecule has 0 saturated carbocycles. The summed E-state index contributed by atoms with van der Waals surface area (Å²) in [6.07, 6.45) is 0.740. The van der Waals surface area contributed by atoms with E-state index in [2.05, 4.69) is 40.7 Å². The predicted octanol–water partition coefficient (Wildman–Crippen LogP) is 1.09. The maximum absolute atomic E-state index is 11.4. The highest BCUT2D eigenvalue weighted by Crippen LogP contribution is 2.17. The Balaban J connectivity index is 1.79. The Bertz CT molecular complexity index is 611. The molecule has 1 aromatic rings. The zero-order valence-corrected chi connectivity index (χ0v) is 13.4. The minimum atomic E-state index is -2.81. The van der Waals surface area contributed by atoms with Crippen molar-refractivity contribution in [1.82, 2.24) is 10.6 Å². The molecular weight excluding hydrogens is 286 g/mol. The van der Waals surface area contributed by atoms with Crippen LogP contribution in [-0.2, 0) is 16.4 Å². The Labute approximate surface area is 126 Å². The SMILES string of the molecule is CN=C(NCc1cccc(C)c1)NCC1CCS(=O)(=O)C1. The van der Waals surface area contributed by atoms with E-state index in [1.54, 1.807) is 7.05 Å². The van der Waals surface area contributed by atoms with E-state index in [1.165, 1.54) is 11.1 Å². The second kappa shape index (κ2) is 6.93. The normalized spacial score (nSPS) is 21.2. The van der Waals surface area contributed by atoms with Gasteiger partial charge in [0.05, 0.1) is 11.5 Å². The number of nitrogens with zero attached hydrogens (tertiary/aromatic N) is 1. The van der Waals surface area contributed by atoms with Gasteiger partial charge in [-0.15, -0.1) is 0 Å². The first-order valence-corrected chi connectivity index (χ1v) is 9.01. The van der Waals surface area contributed by atoms with Crippen molar-refractivity contribution in [3.63, 3.8) is 0 Å². The zero-order chi connectivity index (χ0) is 15.3. The maximum atomic E-state index is 11.4. The van der Waals surface area contributed by atoms with Crippen LogP contribution in [0.15, 0.2) is 29.3 Å². The molecular formula is C15H23N3O2S. The van der Waals surface area contributed by atoms with E-state index < -0.39 is 9.84 Å². The standard InChI is InChI=1S/C15H23N3O2S/c1-12-4-3-5-13(8-12)9-17-15(16-2)18-10-14-6-7-21(19,20)11-14/h3-5,8,14H,6-7,9-11H2,1-2H3,(H2,16,17,18). The van der Waals surface area contributed by atoms with Gasteiger partial charge in [-0.05, 0) is 24.8 Å². The summed E-state index contributed by atoms with van der Waals surface area (Å²) >= 11 is 0. The third-order valence-electron chi connectivity index (χ3n) is 3.65. The Hall–Kier alpha value is -1.56. The minimum Gasteiger partial charge on any atom is -0.356 e. The van der Waals surface area contributed by atoms with E-state index in [0.29, 0.717) is 24.8 Å². The smallest absolute Gasteiger partial charge is 0.191 e. The molecule has 6 heteroatoms. The van der Waals surface area contributed by atoms with Crippen molar-refractivity contribution in [3.05, 3.63) is 35.4 Å². The highest BCUT2D eigenvalue weighted by atomic mass is 32.2. The van der Waals surface area contributed by atoms with Crippen LogP contribution in [-0.4, -0.2) is 39.5 Å². The van der Waals surface area contributed by atoms with E-state index >= 15 is 0 Å². The van der Waals surface area contributed by atoms with Gasteiger partial charge in [0, 0.05) is 20.1 Å². The van der Waals surface area contributed by atoms with E-state index in [1.807, 2.05) is 6.07 Å². The molecule has 2 rings (SSSR count). The summed E-state index contributed by atoms with van der Waals surface area (Å²) < 4.78 is 22.8. The molecule has 1 aliphatic rings. The van der Waals surface area contributed by atoms with Crippen molar-refractivity contribution in [2.24, 2.45) is 10.9 Å². The lowest BCUT2D eigenvalue weighted by molar-refractivity contribution is 0.567. The third-order valence-corrected chi connectivity index (χ3v) is 5.49. The molecule has 5 nitrogen and oxygen atoms in total. The van der Waals surface area contributed by atoms with Crippen LogP contribution in [0.2, 0.25) is 0 Å². The Morgan fingerprint density at radius 1 is 1.38 bits per heavy atom. The summed E-state index contributed by atoms with van der Waals surface area (Å²) in [7, 11) is -1.09. The molecule has 0 aliphatic carbocycles. The first-order chi connectivity index (χ1) is 9.98. The summed E-state index contributed by atoms with van der Waals surface area (Å²) in [5, 5.41) is 6.46. The van der Waals surface area contributed by atoms with Crippen LogP contribution in [0.25, 0.3) is 0 Å². The topological polar surface area (TPSA) is 70.6 Å². The number of nitrogens with one attached hydrogen (secondary N) is 2. The molecule has 0 bridgehead atoms. The van der Waals surface area contributed by atoms with Crippen molar-refractivity contribution >= 4 is 15.8 Å². The number of hydrogen-bond donors (Lipinski definition) is 2. The van der Waals surface area contributed by atoms with Crippen molar-refractivity contribution < 1.29 is 8.42 Å². The molecule has 1 atom stereocenters. The molecule has 116 valence electrons. The monoisotopic (exact) mass is 309 g/mol. The summed E-state index contributed by atoms with van der Waals surface area (Å²) in [6, 6.07) is 8.30. The molecule has 1 aromatic carbocycles. The molecule has 21 heavy (non-hydrogen) atoms. The molecule has 1 saturated heterocycles. The fourth-order valence-electron chi connectivity index (χ4n) is 2.50. The van der Waals surface area contributed by atoms with Crippen LogP contribution in [0.3, 0.4) is 0 Å². The average molecular weight is 309 g/mol. The number of sulfone groups is 1. The lowest BCUT2D eigenvalue weighted by Crippen LogP contribution is -2.39. The Morgan fingerprint density at radius 3 is 2.81 bits per heavy atom. The highest BCUT2D eigenvalue weighted by Gasteiger charge is 2.27. The van der Waals surface area contributed by atoms with Gasteiger partial charge in [0.15, 0.2) is 15.8 Å². The van der Waals surface area contributed by atoms with E-state index in [9.17, 15) is 8.42 Å². The van der Waals surface area contributed by atoms with E-state index in [-0.39, 0.29) is 11.7 Å². The van der Waals surface area contributed by atoms with Gasteiger partial charge in [-0.3, -0.25) is 4.99 Å². The van der Waals surface area contributed by atoms with Crippen molar-refractivity contribution in [2.45, 2.75) is 19.9 Å². The summed E-state index contributed by atoms with van der Waals surface area (Å²) in [5.74, 6) is 1.50. The van der Waals surface area contributed by atoms with Gasteiger partial charge in [-0.25, -0.2) is 8.42 Å². The van der Waals surface area contributed by atoms with Crippen LogP contribution in [0.4, 0.5) is 0 Å². The van der Waals surface area contributed by atoms with Crippen molar-refractivity contribution in [2.75, 3.05) is 25.1 Å². The van der Waals surface area contributed by atoms with Gasteiger partial charge in [0.25, 0.3) is 0 Å². The van der Waals surface area contributed by atoms with Gasteiger partial charge in [0.1, 0.15) is 0 Å². The molecule has 0 radical (unpaired) electrons. The highest BCUT2D eigenvalue weighted by molar-refractivity contribution is 7.91. The number of benzene rings is 1. The predicted molar refractivity (Wildman–Crippen MR) is 86.1 cm³/mol. The number of aliphatic imine (C=N–C) groups is 1. The van der Waals surface area contributed by atoms with Crippen LogP contribution >= 0.6 is 0 Å². The molecule has 0 spiro atoms. The minimum absolute atomic E-state index is 0.188. The first kappa shape index (κ1) is 15.8. The fraction of sp³-hybridized carbons (Fsp3) is 0.533. The summed E-state index contributed by atoms with van der Waals surface area (Å²) in [6.45, 7) is 3.41. The zero-order valence-electron chi connectivity index (χ0n) is 12.6. The van der Waals surface area contributed by atoms with Crippen molar-refractivity contribution in [3.8, 4) is 0 Å². The lowest BCUT2D eigenvalue weighted by atomic mass is 10.1. The number of aryl methyl sites for hydroxylation is 1. The molecule has 0 aromatic heterocycles. The third kappa shape index (κ3) is 5.04. The van der Waals surface area contributed by atoms with Gasteiger partial charge in [-0.1, -0.05) is 29.8 Å². The van der Waals surface area contributed by atoms with Crippen LogP contribution < -0.4 is 10.6 Å². The molecule has 1 heterocycles. The first-order valence-electron chi connectivity index (χ1n) is 7.19. The van der Waals surface area contributed by atoms with Gasteiger partial charge in [-0.2, -0.15) is 0 Å². The second-order valence-corrected chi connectivity index (χ2v) is 7.79. The largest absolute Gasteiger partial charge is 0.356 e. The number of hydrogen-bond acceptors (Lipinski definition) is 3. The fourth-order valence-corrected chi connectivity index (χ4v) is 4.36. The Morgan fingerprint density at radius 2 is 2.19 bits per heavy atom. The van der Waals surface area contributed by atoms with E-state index in [0.717, 1.165) is 6.42 Å². The summed E-state index contributed by atoms with van der Waals surface area (Å²) in [4.78, 5) is 4.17. The Kier molecular flexibility index (Phi) is 5.22. The lowest BCUT2D eigenvalue weighted by Gasteiger charge is -2.14. The van der Waals surface area contributed by atoms with Gasteiger partial charge in [0.2, 0.25) is 0 Å². The van der Waals surface area contributed by atoms with Crippen LogP contribution in [0.5, 0.6) is 0 Å². The average Bonchev–Trinajstić information content (AvgIpc) is 2.78. The maximum Gasteiger partial charge on any atom is 0.191 e. The summed E-state index contributed by atoms with van der Waals surface area (Å²) in [5.41, 5.74) is 2.43. The van der Waals surface area contributed by atoms with E-state index in [4.69, 9.17) is 0 Å². The molecule has 1 unspecified atom stereocenters. The molecule has 1 fully saturated rings. The molecule has 2 N–H and O–H groups in total. The number of guanidine groups is 1. The van der Waals surface area contributed by atoms with Gasteiger partial charge < -0.3 is 10.6 Å². The number of rotatable bonds is 4.